The Kier molecular flexibility index (Phi) is 4.10. The second-order valence-corrected chi connectivity index (χ2v) is 4.54. The van der Waals surface area contributed by atoms with Crippen molar-refractivity contribution in [3.8, 4) is 12.3 Å². The normalized spacial score (nSPS) is 9.90. The number of carbonyl (C=O) groups is 2. The molecule has 5 nitrogen and oxygen atoms in total. The van der Waals surface area contributed by atoms with Crippen LogP contribution in [0.3, 0.4) is 0 Å². The molecule has 0 spiro atoms. The number of carboxylic acids is 1. The molecule has 106 valence electrons. The van der Waals surface area contributed by atoms with Crippen LogP contribution in [0, 0.1) is 12.3 Å². The molecule has 2 rings (SSSR count). The van der Waals surface area contributed by atoms with Gasteiger partial charge in [-0.2, -0.15) is 0 Å². The highest BCUT2D eigenvalue weighted by atomic mass is 16.4. The molecule has 0 aliphatic carbocycles. The first-order valence-electron chi connectivity index (χ1n) is 6.24. The van der Waals surface area contributed by atoms with Crippen LogP contribution in [0.5, 0.6) is 0 Å². The Morgan fingerprint density at radius 3 is 2.48 bits per heavy atom. The van der Waals surface area contributed by atoms with E-state index in [1.54, 1.807) is 6.07 Å². The molecule has 2 aromatic rings. The molecule has 0 aliphatic heterocycles. The predicted molar refractivity (Wildman–Crippen MR) is 81.4 cm³/mol. The van der Waals surface area contributed by atoms with E-state index in [9.17, 15) is 14.7 Å². The van der Waals surface area contributed by atoms with E-state index in [-0.39, 0.29) is 17.8 Å². The largest absolute Gasteiger partial charge is 0.478 e. The number of hydrogen-bond donors (Lipinski definition) is 2. The maximum absolute atomic E-state index is 11.9. The second-order valence-electron chi connectivity index (χ2n) is 4.54. The predicted octanol–water partition coefficient (Wildman–Crippen LogP) is 2.63. The summed E-state index contributed by atoms with van der Waals surface area (Å²) in [6.45, 7) is 0.141. The van der Waals surface area contributed by atoms with Gasteiger partial charge in [-0.05, 0) is 22.9 Å². The number of fused-ring (bicyclic) bond motifs is 1. The average molecular weight is 282 g/mol. The highest BCUT2D eigenvalue weighted by Gasteiger charge is 2.15. The van der Waals surface area contributed by atoms with E-state index in [2.05, 4.69) is 11.2 Å². The monoisotopic (exact) mass is 282 g/mol. The van der Waals surface area contributed by atoms with Crippen molar-refractivity contribution < 1.29 is 14.7 Å². The number of carbonyl (C=O) groups excluding carboxylic acids is 1. The van der Waals surface area contributed by atoms with Crippen molar-refractivity contribution in [1.82, 2.24) is 4.90 Å². The summed E-state index contributed by atoms with van der Waals surface area (Å²) in [7, 11) is 1.54. The number of hydrogen-bond acceptors (Lipinski definition) is 2. The fourth-order valence-electron chi connectivity index (χ4n) is 1.94. The van der Waals surface area contributed by atoms with E-state index in [1.165, 1.54) is 18.0 Å². The van der Waals surface area contributed by atoms with Gasteiger partial charge in [-0.3, -0.25) is 0 Å². The maximum Gasteiger partial charge on any atom is 0.337 e. The van der Waals surface area contributed by atoms with E-state index in [1.807, 2.05) is 24.3 Å². The molecule has 2 aromatic carbocycles. The zero-order valence-electron chi connectivity index (χ0n) is 11.5. The summed E-state index contributed by atoms with van der Waals surface area (Å²) in [6.07, 6.45) is 5.15. The topological polar surface area (TPSA) is 69.6 Å². The molecule has 0 heterocycles. The number of urea groups is 1. The molecule has 0 atom stereocenters. The van der Waals surface area contributed by atoms with Crippen molar-refractivity contribution in [1.29, 1.82) is 0 Å². The Bertz CT molecular complexity index is 747. The van der Waals surface area contributed by atoms with Crippen LogP contribution in [-0.2, 0) is 0 Å². The van der Waals surface area contributed by atoms with Crippen molar-refractivity contribution in [3.05, 3.63) is 42.0 Å². The van der Waals surface area contributed by atoms with Gasteiger partial charge in [0.2, 0.25) is 0 Å². The summed E-state index contributed by atoms with van der Waals surface area (Å²) in [5.74, 6) is 1.25. The van der Waals surface area contributed by atoms with E-state index < -0.39 is 12.0 Å². The average Bonchev–Trinajstić information content (AvgIpc) is 2.46. The fraction of sp³-hybridized carbons (Fsp3) is 0.125. The Balaban J connectivity index is 2.42. The van der Waals surface area contributed by atoms with Gasteiger partial charge < -0.3 is 15.3 Å². The number of carboxylic acid groups (broad SMARTS) is 1. The van der Waals surface area contributed by atoms with Gasteiger partial charge in [0.15, 0.2) is 0 Å². The van der Waals surface area contributed by atoms with Gasteiger partial charge in [0, 0.05) is 7.05 Å². The quantitative estimate of drug-likeness (QED) is 0.850. The molecule has 0 fully saturated rings. The molecule has 2 N–H and O–H groups in total. The van der Waals surface area contributed by atoms with Gasteiger partial charge in [-0.1, -0.05) is 30.2 Å². The van der Waals surface area contributed by atoms with Crippen LogP contribution in [0.25, 0.3) is 10.8 Å². The lowest BCUT2D eigenvalue weighted by Gasteiger charge is -2.16. The number of rotatable bonds is 3. The molecular formula is C16H14N2O3. The number of nitrogens with zero attached hydrogens (tertiary/aromatic N) is 1. The van der Waals surface area contributed by atoms with Crippen LogP contribution in [0.15, 0.2) is 36.4 Å². The Labute approximate surface area is 122 Å². The summed E-state index contributed by atoms with van der Waals surface area (Å²) in [5.41, 5.74) is 0.284. The van der Waals surface area contributed by atoms with E-state index in [0.29, 0.717) is 0 Å². The van der Waals surface area contributed by atoms with Gasteiger partial charge in [0.05, 0.1) is 17.8 Å². The molecule has 0 radical (unpaired) electrons. The Hall–Kier alpha value is -3.00. The summed E-state index contributed by atoms with van der Waals surface area (Å²) < 4.78 is 0. The van der Waals surface area contributed by atoms with Gasteiger partial charge >= 0.3 is 12.0 Å². The van der Waals surface area contributed by atoms with Crippen molar-refractivity contribution >= 4 is 28.5 Å². The first-order chi connectivity index (χ1) is 10.0. The maximum atomic E-state index is 11.9. The molecule has 0 saturated carbocycles. The van der Waals surface area contributed by atoms with Crippen LogP contribution < -0.4 is 5.32 Å². The molecule has 0 unspecified atom stereocenters. The Morgan fingerprint density at radius 1 is 1.29 bits per heavy atom. The molecule has 2 amide bonds. The van der Waals surface area contributed by atoms with Crippen LogP contribution in [-0.4, -0.2) is 35.6 Å². The third-order valence-corrected chi connectivity index (χ3v) is 3.03. The smallest absolute Gasteiger partial charge is 0.337 e. The summed E-state index contributed by atoms with van der Waals surface area (Å²) >= 11 is 0. The lowest BCUT2D eigenvalue weighted by atomic mass is 10.0. The zero-order chi connectivity index (χ0) is 15.4. The molecule has 0 saturated heterocycles. The van der Waals surface area contributed by atoms with Crippen LogP contribution >= 0.6 is 0 Å². The second kappa shape index (κ2) is 5.97. The van der Waals surface area contributed by atoms with Gasteiger partial charge in [-0.15, -0.1) is 6.42 Å². The number of amides is 2. The van der Waals surface area contributed by atoms with Crippen LogP contribution in [0.1, 0.15) is 10.4 Å². The van der Waals surface area contributed by atoms with Crippen molar-refractivity contribution in [3.63, 3.8) is 0 Å². The standard InChI is InChI=1S/C16H14N2O3/c1-3-8-18(2)16(21)17-14-10-12-7-5-4-6-11(12)9-13(14)15(19)20/h1,4-7,9-10H,8H2,2H3,(H,17,21)(H,19,20). The van der Waals surface area contributed by atoms with Crippen molar-refractivity contribution in [2.24, 2.45) is 0 Å². The number of nitrogens with one attached hydrogen (secondary N) is 1. The van der Waals surface area contributed by atoms with E-state index in [4.69, 9.17) is 6.42 Å². The fourth-order valence-corrected chi connectivity index (χ4v) is 1.94. The number of benzene rings is 2. The minimum absolute atomic E-state index is 0.0381. The van der Waals surface area contributed by atoms with Crippen molar-refractivity contribution in [2.45, 2.75) is 0 Å². The SMILES string of the molecule is C#CCN(C)C(=O)Nc1cc2ccccc2cc1C(=O)O. The van der Waals surface area contributed by atoms with Crippen LogP contribution in [0.2, 0.25) is 0 Å². The Morgan fingerprint density at radius 2 is 1.90 bits per heavy atom. The minimum Gasteiger partial charge on any atom is -0.478 e. The van der Waals surface area contributed by atoms with Gasteiger partial charge in [0.25, 0.3) is 0 Å². The van der Waals surface area contributed by atoms with Crippen LogP contribution in [0.4, 0.5) is 10.5 Å². The molecule has 0 aromatic heterocycles. The number of terminal acetylenes is 1. The molecule has 0 bridgehead atoms. The highest BCUT2D eigenvalue weighted by molar-refractivity contribution is 6.04. The van der Waals surface area contributed by atoms with Gasteiger partial charge in [0.1, 0.15) is 0 Å². The number of anilines is 1. The first-order valence-corrected chi connectivity index (χ1v) is 6.24. The number of aromatic carboxylic acids is 1. The summed E-state index contributed by atoms with van der Waals surface area (Å²) in [5, 5.41) is 13.5. The lowest BCUT2D eigenvalue weighted by molar-refractivity contribution is 0.0698. The third-order valence-electron chi connectivity index (χ3n) is 3.03. The molecule has 0 aliphatic rings. The summed E-state index contributed by atoms with van der Waals surface area (Å²) in [6, 6.07) is 10.1. The highest BCUT2D eigenvalue weighted by Crippen LogP contribution is 2.24. The minimum atomic E-state index is -1.10. The zero-order valence-corrected chi connectivity index (χ0v) is 11.5. The van der Waals surface area contributed by atoms with E-state index in [0.717, 1.165) is 10.8 Å². The van der Waals surface area contributed by atoms with Crippen molar-refractivity contribution in [2.75, 3.05) is 18.9 Å². The molecule has 5 heteroatoms. The first kappa shape index (κ1) is 14.4. The third kappa shape index (κ3) is 3.12. The summed E-state index contributed by atoms with van der Waals surface area (Å²) in [4.78, 5) is 24.6. The van der Waals surface area contributed by atoms with Gasteiger partial charge in [-0.25, -0.2) is 9.59 Å². The van der Waals surface area contributed by atoms with E-state index >= 15 is 0 Å². The molecule has 21 heavy (non-hydrogen) atoms. The molecular weight excluding hydrogens is 268 g/mol. The lowest BCUT2D eigenvalue weighted by Crippen LogP contribution is -2.32.